The molecule has 2 aliphatic rings. The highest BCUT2D eigenvalue weighted by atomic mass is 16.5. The second-order valence-electron chi connectivity index (χ2n) is 3.95. The minimum absolute atomic E-state index is 0.156. The zero-order chi connectivity index (χ0) is 11.8. The Morgan fingerprint density at radius 3 is 2.88 bits per heavy atom. The van der Waals surface area contributed by atoms with E-state index in [1.165, 1.54) is 0 Å². The van der Waals surface area contributed by atoms with Crippen molar-refractivity contribution < 1.29 is 14.3 Å². The van der Waals surface area contributed by atoms with Crippen LogP contribution in [-0.4, -0.2) is 18.7 Å². The number of carbonyl (C=O) groups is 1. The summed E-state index contributed by atoms with van der Waals surface area (Å²) in [6.07, 6.45) is 3.30. The molecule has 1 aromatic rings. The maximum Gasteiger partial charge on any atom is 0.340 e. The Kier molecular flexibility index (Phi) is 2.14. The second kappa shape index (κ2) is 3.66. The fourth-order valence-corrected chi connectivity index (χ4v) is 1.98. The Morgan fingerprint density at radius 2 is 2.12 bits per heavy atom. The number of hydrogen-bond acceptors (Lipinski definition) is 4. The Bertz CT molecular complexity index is 545. The second-order valence-corrected chi connectivity index (χ2v) is 3.95. The highest BCUT2D eigenvalue weighted by Gasteiger charge is 2.31. The molecule has 2 aliphatic heterocycles. The number of hydrogen-bond donors (Lipinski definition) is 1. The number of cyclic esters (lactones) is 1. The summed E-state index contributed by atoms with van der Waals surface area (Å²) < 4.78 is 10.6. The lowest BCUT2D eigenvalue weighted by Crippen LogP contribution is -2.24. The van der Waals surface area contributed by atoms with Crippen molar-refractivity contribution in [1.82, 2.24) is 0 Å². The van der Waals surface area contributed by atoms with Gasteiger partial charge in [0.15, 0.2) is 6.10 Å². The third-order valence-corrected chi connectivity index (χ3v) is 2.83. The number of benzene rings is 1. The van der Waals surface area contributed by atoms with Crippen molar-refractivity contribution in [2.45, 2.75) is 6.10 Å². The number of nitrogens with two attached hydrogens (primary N) is 1. The number of ether oxygens (including phenoxy) is 2. The Balaban J connectivity index is 1.95. The number of carbonyl (C=O) groups excluding carboxylic acids is 1. The van der Waals surface area contributed by atoms with Crippen molar-refractivity contribution >= 4 is 12.0 Å². The van der Waals surface area contributed by atoms with Gasteiger partial charge < -0.3 is 15.2 Å². The summed E-state index contributed by atoms with van der Waals surface area (Å²) in [5.74, 6) is 0.358. The van der Waals surface area contributed by atoms with E-state index in [0.717, 1.165) is 11.3 Å². The highest BCUT2D eigenvalue weighted by molar-refractivity contribution is 5.93. The van der Waals surface area contributed by atoms with Gasteiger partial charge in [-0.05, 0) is 12.1 Å². The molecule has 0 saturated heterocycles. The molecule has 1 atom stereocenters. The summed E-state index contributed by atoms with van der Waals surface area (Å²) in [6.45, 7) is 0.156. The first-order valence-corrected chi connectivity index (χ1v) is 5.35. The highest BCUT2D eigenvalue weighted by Crippen LogP contribution is 2.30. The molecule has 4 heteroatoms. The number of para-hydroxylation sites is 1. The molecule has 0 radical (unpaired) electrons. The summed E-state index contributed by atoms with van der Waals surface area (Å²) in [5.41, 5.74) is 7.60. The first kappa shape index (κ1) is 9.96. The van der Waals surface area contributed by atoms with Gasteiger partial charge in [0.05, 0.1) is 5.70 Å². The van der Waals surface area contributed by atoms with Crippen molar-refractivity contribution in [3.05, 3.63) is 47.2 Å². The van der Waals surface area contributed by atoms with E-state index in [2.05, 4.69) is 0 Å². The van der Waals surface area contributed by atoms with Gasteiger partial charge in [0.25, 0.3) is 0 Å². The van der Waals surface area contributed by atoms with Crippen LogP contribution in [0.5, 0.6) is 5.75 Å². The van der Waals surface area contributed by atoms with Gasteiger partial charge in [0.1, 0.15) is 17.9 Å². The number of esters is 1. The fraction of sp³-hybridized carbons (Fsp3) is 0.154. The van der Waals surface area contributed by atoms with Crippen LogP contribution in [0.1, 0.15) is 5.56 Å². The number of fused-ring (bicyclic) bond motifs is 1. The average Bonchev–Trinajstić information content (AvgIpc) is 2.68. The predicted octanol–water partition coefficient (Wildman–Crippen LogP) is 1.23. The van der Waals surface area contributed by atoms with Gasteiger partial charge in [-0.2, -0.15) is 0 Å². The molecule has 0 aliphatic carbocycles. The minimum Gasteiger partial charge on any atom is -0.481 e. The van der Waals surface area contributed by atoms with Crippen molar-refractivity contribution in [2.24, 2.45) is 5.73 Å². The van der Waals surface area contributed by atoms with E-state index in [0.29, 0.717) is 11.3 Å². The standard InChI is InChI=1S/C13H11NO3/c14-9-7-16-13(15)12(9)11-6-5-8-3-1-2-4-10(8)17-11/h1-6,11H,7,14H2. The summed E-state index contributed by atoms with van der Waals surface area (Å²) in [6, 6.07) is 7.64. The van der Waals surface area contributed by atoms with Gasteiger partial charge in [0, 0.05) is 5.56 Å². The first-order valence-electron chi connectivity index (χ1n) is 5.35. The van der Waals surface area contributed by atoms with Crippen LogP contribution in [0.2, 0.25) is 0 Å². The molecule has 0 bridgehead atoms. The van der Waals surface area contributed by atoms with E-state index in [4.69, 9.17) is 15.2 Å². The zero-order valence-electron chi connectivity index (χ0n) is 9.05. The van der Waals surface area contributed by atoms with Gasteiger partial charge in [-0.25, -0.2) is 4.79 Å². The van der Waals surface area contributed by atoms with E-state index in [1.807, 2.05) is 36.4 Å². The summed E-state index contributed by atoms with van der Waals surface area (Å²) in [4.78, 5) is 11.5. The van der Waals surface area contributed by atoms with Crippen molar-refractivity contribution in [3.63, 3.8) is 0 Å². The summed E-state index contributed by atoms with van der Waals surface area (Å²) in [5, 5.41) is 0. The molecule has 2 N–H and O–H groups in total. The fourth-order valence-electron chi connectivity index (χ4n) is 1.98. The van der Waals surface area contributed by atoms with Crippen LogP contribution in [0.3, 0.4) is 0 Å². The molecular formula is C13H11NO3. The molecular weight excluding hydrogens is 218 g/mol. The molecule has 0 fully saturated rings. The van der Waals surface area contributed by atoms with Crippen LogP contribution in [0, 0.1) is 0 Å². The quantitative estimate of drug-likeness (QED) is 0.736. The molecule has 0 saturated carbocycles. The van der Waals surface area contributed by atoms with E-state index in [1.54, 1.807) is 0 Å². The molecule has 86 valence electrons. The predicted molar refractivity (Wildman–Crippen MR) is 62.1 cm³/mol. The van der Waals surface area contributed by atoms with Crippen LogP contribution >= 0.6 is 0 Å². The van der Waals surface area contributed by atoms with E-state index < -0.39 is 12.1 Å². The first-order chi connectivity index (χ1) is 8.25. The molecule has 1 aromatic carbocycles. The van der Waals surface area contributed by atoms with Crippen LogP contribution in [0.15, 0.2) is 41.6 Å². The smallest absolute Gasteiger partial charge is 0.340 e. The molecule has 0 spiro atoms. The van der Waals surface area contributed by atoms with Crippen molar-refractivity contribution in [3.8, 4) is 5.75 Å². The maximum absolute atomic E-state index is 11.5. The molecule has 1 unspecified atom stereocenters. The summed E-state index contributed by atoms with van der Waals surface area (Å²) >= 11 is 0. The van der Waals surface area contributed by atoms with Gasteiger partial charge in [-0.3, -0.25) is 0 Å². The van der Waals surface area contributed by atoms with E-state index in [9.17, 15) is 4.79 Å². The Labute approximate surface area is 98.3 Å². The van der Waals surface area contributed by atoms with Gasteiger partial charge in [-0.1, -0.05) is 24.3 Å². The largest absolute Gasteiger partial charge is 0.481 e. The Hall–Kier alpha value is -2.23. The third kappa shape index (κ3) is 1.58. The minimum atomic E-state index is -0.445. The van der Waals surface area contributed by atoms with E-state index >= 15 is 0 Å². The SMILES string of the molecule is NC1=C(C2C=Cc3ccccc3O2)C(=O)OC1. The average molecular weight is 229 g/mol. The molecule has 0 amide bonds. The van der Waals surface area contributed by atoms with E-state index in [-0.39, 0.29) is 6.61 Å². The Morgan fingerprint density at radius 1 is 1.29 bits per heavy atom. The lowest BCUT2D eigenvalue weighted by molar-refractivity contribution is -0.136. The molecule has 17 heavy (non-hydrogen) atoms. The van der Waals surface area contributed by atoms with Crippen LogP contribution < -0.4 is 10.5 Å². The maximum atomic E-state index is 11.5. The lowest BCUT2D eigenvalue weighted by Gasteiger charge is -2.21. The van der Waals surface area contributed by atoms with Crippen LogP contribution in [0.25, 0.3) is 6.08 Å². The van der Waals surface area contributed by atoms with Crippen LogP contribution in [-0.2, 0) is 9.53 Å². The molecule has 2 heterocycles. The molecule has 3 rings (SSSR count). The van der Waals surface area contributed by atoms with Gasteiger partial charge >= 0.3 is 5.97 Å². The zero-order valence-corrected chi connectivity index (χ0v) is 9.05. The third-order valence-electron chi connectivity index (χ3n) is 2.83. The molecule has 0 aromatic heterocycles. The van der Waals surface area contributed by atoms with Crippen molar-refractivity contribution in [2.75, 3.05) is 6.61 Å². The topological polar surface area (TPSA) is 61.5 Å². The monoisotopic (exact) mass is 229 g/mol. The van der Waals surface area contributed by atoms with Gasteiger partial charge in [0.2, 0.25) is 0 Å². The number of rotatable bonds is 1. The summed E-state index contributed by atoms with van der Waals surface area (Å²) in [7, 11) is 0. The lowest BCUT2D eigenvalue weighted by atomic mass is 10.0. The van der Waals surface area contributed by atoms with Gasteiger partial charge in [-0.15, -0.1) is 0 Å². The normalized spacial score (nSPS) is 22.1. The van der Waals surface area contributed by atoms with Crippen molar-refractivity contribution in [1.29, 1.82) is 0 Å². The van der Waals surface area contributed by atoms with Crippen LogP contribution in [0.4, 0.5) is 0 Å². The molecule has 4 nitrogen and oxygen atoms in total.